The Balaban J connectivity index is 2.60. The number of ether oxygens (including phenoxy) is 1. The van der Waals surface area contributed by atoms with Crippen molar-refractivity contribution in [2.75, 3.05) is 7.11 Å². The van der Waals surface area contributed by atoms with Crippen molar-refractivity contribution in [1.82, 2.24) is 0 Å². The van der Waals surface area contributed by atoms with Crippen molar-refractivity contribution in [2.24, 2.45) is 0 Å². The number of rotatable bonds is 2. The number of benzene rings is 1. The summed E-state index contributed by atoms with van der Waals surface area (Å²) in [4.78, 5) is 0. The molecule has 3 heteroatoms. The van der Waals surface area contributed by atoms with Gasteiger partial charge in [-0.05, 0) is 37.5 Å². The van der Waals surface area contributed by atoms with Crippen molar-refractivity contribution < 1.29 is 4.74 Å². The molecule has 0 unspecified atom stereocenters. The number of aryl methyl sites for hydroxylation is 1. The second-order valence-electron chi connectivity index (χ2n) is 4.02. The monoisotopic (exact) mass is 221 g/mol. The lowest BCUT2D eigenvalue weighted by Gasteiger charge is -2.14. The van der Waals surface area contributed by atoms with Crippen LogP contribution in [0.5, 0.6) is 5.75 Å². The van der Waals surface area contributed by atoms with Crippen LogP contribution in [0.2, 0.25) is 5.02 Å². The van der Waals surface area contributed by atoms with E-state index in [0.717, 1.165) is 29.7 Å². The van der Waals surface area contributed by atoms with E-state index < -0.39 is 5.41 Å². The first-order valence-corrected chi connectivity index (χ1v) is 5.26. The molecule has 0 atom stereocenters. The van der Waals surface area contributed by atoms with Gasteiger partial charge in [0.15, 0.2) is 0 Å². The van der Waals surface area contributed by atoms with Gasteiger partial charge in [0.2, 0.25) is 0 Å². The lowest BCUT2D eigenvalue weighted by Crippen LogP contribution is -2.06. The molecule has 1 aromatic carbocycles. The van der Waals surface area contributed by atoms with Gasteiger partial charge in [0, 0.05) is 10.6 Å². The van der Waals surface area contributed by atoms with Crippen LogP contribution in [0.15, 0.2) is 12.1 Å². The number of hydrogen-bond donors (Lipinski definition) is 0. The molecule has 1 aliphatic rings. The van der Waals surface area contributed by atoms with Crippen molar-refractivity contribution in [3.63, 3.8) is 0 Å². The lowest BCUT2D eigenvalue weighted by atomic mass is 9.95. The van der Waals surface area contributed by atoms with Crippen LogP contribution in [0, 0.1) is 18.3 Å². The van der Waals surface area contributed by atoms with Crippen LogP contribution in [0.3, 0.4) is 0 Å². The lowest BCUT2D eigenvalue weighted by molar-refractivity contribution is 0.407. The number of halogens is 1. The van der Waals surface area contributed by atoms with Crippen molar-refractivity contribution in [3.8, 4) is 11.8 Å². The number of nitrogens with zero attached hydrogens (tertiary/aromatic N) is 1. The smallest absolute Gasteiger partial charge is 0.125 e. The molecule has 0 aliphatic heterocycles. The molecular weight excluding hydrogens is 210 g/mol. The summed E-state index contributed by atoms with van der Waals surface area (Å²) in [7, 11) is 1.61. The first-order valence-electron chi connectivity index (χ1n) is 4.89. The van der Waals surface area contributed by atoms with Crippen LogP contribution in [-0.2, 0) is 5.41 Å². The molecule has 0 aromatic heterocycles. The van der Waals surface area contributed by atoms with Gasteiger partial charge in [-0.25, -0.2) is 0 Å². The van der Waals surface area contributed by atoms with E-state index in [2.05, 4.69) is 6.07 Å². The summed E-state index contributed by atoms with van der Waals surface area (Å²) in [5.41, 5.74) is 1.52. The minimum atomic E-state index is -0.393. The Morgan fingerprint density at radius 1 is 1.47 bits per heavy atom. The summed E-state index contributed by atoms with van der Waals surface area (Å²) in [6.45, 7) is 1.96. The van der Waals surface area contributed by atoms with Gasteiger partial charge >= 0.3 is 0 Å². The third kappa shape index (κ3) is 1.57. The Morgan fingerprint density at radius 2 is 2.13 bits per heavy atom. The quantitative estimate of drug-likeness (QED) is 0.768. The summed E-state index contributed by atoms with van der Waals surface area (Å²) in [5.74, 6) is 0.735. The largest absolute Gasteiger partial charge is 0.496 e. The normalized spacial score (nSPS) is 16.9. The second-order valence-corrected chi connectivity index (χ2v) is 4.43. The highest BCUT2D eigenvalue weighted by atomic mass is 35.5. The van der Waals surface area contributed by atoms with Crippen LogP contribution < -0.4 is 4.74 Å². The molecule has 1 aromatic rings. The Morgan fingerprint density at radius 3 is 2.60 bits per heavy atom. The summed E-state index contributed by atoms with van der Waals surface area (Å²) >= 11 is 6.19. The van der Waals surface area contributed by atoms with Crippen molar-refractivity contribution in [3.05, 3.63) is 28.3 Å². The van der Waals surface area contributed by atoms with Gasteiger partial charge in [0.1, 0.15) is 5.75 Å². The van der Waals surface area contributed by atoms with E-state index in [1.807, 2.05) is 19.1 Å². The van der Waals surface area contributed by atoms with E-state index in [4.69, 9.17) is 21.6 Å². The maximum atomic E-state index is 9.16. The zero-order valence-corrected chi connectivity index (χ0v) is 9.56. The molecule has 0 N–H and O–H groups in total. The molecule has 0 amide bonds. The molecule has 1 saturated carbocycles. The zero-order chi connectivity index (χ0) is 11.1. The predicted octanol–water partition coefficient (Wildman–Crippen LogP) is 3.21. The number of methoxy groups -OCH3 is 1. The topological polar surface area (TPSA) is 33.0 Å². The molecule has 0 heterocycles. The highest BCUT2D eigenvalue weighted by molar-refractivity contribution is 6.31. The third-order valence-corrected chi connectivity index (χ3v) is 3.16. The van der Waals surface area contributed by atoms with Crippen molar-refractivity contribution in [2.45, 2.75) is 25.2 Å². The minimum absolute atomic E-state index is 0.393. The summed E-state index contributed by atoms with van der Waals surface area (Å²) < 4.78 is 5.30. The molecule has 0 radical (unpaired) electrons. The summed E-state index contributed by atoms with van der Waals surface area (Å²) in [6, 6.07) is 6.15. The van der Waals surface area contributed by atoms with E-state index in [9.17, 15) is 0 Å². The fraction of sp³-hybridized carbons (Fsp3) is 0.417. The Labute approximate surface area is 94.4 Å². The molecule has 1 aliphatic carbocycles. The molecule has 1 fully saturated rings. The first-order chi connectivity index (χ1) is 7.13. The maximum absolute atomic E-state index is 9.16. The molecule has 0 saturated heterocycles. The third-order valence-electron chi connectivity index (χ3n) is 2.86. The first kappa shape index (κ1) is 10.3. The molecular formula is C12H12ClNO. The fourth-order valence-electron chi connectivity index (χ4n) is 1.88. The Hall–Kier alpha value is -1.20. The Bertz CT molecular complexity index is 444. The highest BCUT2D eigenvalue weighted by Crippen LogP contribution is 2.53. The van der Waals surface area contributed by atoms with Crippen LogP contribution in [0.25, 0.3) is 0 Å². The van der Waals surface area contributed by atoms with Gasteiger partial charge in [-0.1, -0.05) is 11.6 Å². The number of hydrogen-bond acceptors (Lipinski definition) is 2. The SMILES string of the molecule is COc1cc(C)cc(Cl)c1C1(C#N)CC1. The Kier molecular flexibility index (Phi) is 2.36. The average molecular weight is 222 g/mol. The summed E-state index contributed by atoms with van der Waals surface area (Å²) in [6.07, 6.45) is 1.76. The second kappa shape index (κ2) is 3.43. The number of nitriles is 1. The highest BCUT2D eigenvalue weighted by Gasteiger charge is 2.48. The van der Waals surface area contributed by atoms with E-state index in [1.54, 1.807) is 7.11 Å². The van der Waals surface area contributed by atoms with Gasteiger partial charge in [0.05, 0.1) is 18.6 Å². The van der Waals surface area contributed by atoms with E-state index in [0.29, 0.717) is 5.02 Å². The van der Waals surface area contributed by atoms with Gasteiger partial charge in [-0.2, -0.15) is 5.26 Å². The van der Waals surface area contributed by atoms with Gasteiger partial charge in [-0.3, -0.25) is 0 Å². The molecule has 0 spiro atoms. The standard InChI is InChI=1S/C12H12ClNO/c1-8-5-9(13)11(10(6-8)15-2)12(7-14)3-4-12/h5-6H,3-4H2,1-2H3. The van der Waals surface area contributed by atoms with Gasteiger partial charge in [-0.15, -0.1) is 0 Å². The van der Waals surface area contributed by atoms with Crippen molar-refractivity contribution in [1.29, 1.82) is 5.26 Å². The average Bonchev–Trinajstić information content (AvgIpc) is 2.97. The van der Waals surface area contributed by atoms with E-state index in [-0.39, 0.29) is 0 Å². The fourth-order valence-corrected chi connectivity index (χ4v) is 2.32. The van der Waals surface area contributed by atoms with Crippen LogP contribution in [0.4, 0.5) is 0 Å². The van der Waals surface area contributed by atoms with E-state index in [1.165, 1.54) is 0 Å². The molecule has 0 bridgehead atoms. The van der Waals surface area contributed by atoms with Crippen molar-refractivity contribution >= 4 is 11.6 Å². The zero-order valence-electron chi connectivity index (χ0n) is 8.80. The predicted molar refractivity (Wildman–Crippen MR) is 59.3 cm³/mol. The molecule has 2 rings (SSSR count). The van der Waals surface area contributed by atoms with Gasteiger partial charge in [0.25, 0.3) is 0 Å². The van der Waals surface area contributed by atoms with E-state index >= 15 is 0 Å². The molecule has 78 valence electrons. The van der Waals surface area contributed by atoms with Crippen LogP contribution >= 0.6 is 11.6 Å². The van der Waals surface area contributed by atoms with Crippen LogP contribution in [-0.4, -0.2) is 7.11 Å². The molecule has 2 nitrogen and oxygen atoms in total. The van der Waals surface area contributed by atoms with Crippen LogP contribution in [0.1, 0.15) is 24.0 Å². The maximum Gasteiger partial charge on any atom is 0.125 e. The minimum Gasteiger partial charge on any atom is -0.496 e. The summed E-state index contributed by atoms with van der Waals surface area (Å²) in [5, 5.41) is 9.80. The van der Waals surface area contributed by atoms with Gasteiger partial charge < -0.3 is 4.74 Å². The molecule has 15 heavy (non-hydrogen) atoms.